The Morgan fingerprint density at radius 1 is 1.17 bits per heavy atom. The third-order valence-electron chi connectivity index (χ3n) is 3.96. The van der Waals surface area contributed by atoms with Crippen LogP contribution in [-0.2, 0) is 6.54 Å². The van der Waals surface area contributed by atoms with Crippen LogP contribution in [0.1, 0.15) is 16.1 Å². The van der Waals surface area contributed by atoms with Gasteiger partial charge in [0.1, 0.15) is 11.4 Å². The quantitative estimate of drug-likeness (QED) is 0.599. The van der Waals surface area contributed by atoms with E-state index < -0.39 is 6.61 Å². The van der Waals surface area contributed by atoms with Crippen molar-refractivity contribution in [2.45, 2.75) is 13.2 Å². The van der Waals surface area contributed by atoms with E-state index in [0.29, 0.717) is 28.9 Å². The van der Waals surface area contributed by atoms with Crippen LogP contribution in [0.3, 0.4) is 0 Å². The van der Waals surface area contributed by atoms with Crippen molar-refractivity contribution in [3.05, 3.63) is 59.1 Å². The van der Waals surface area contributed by atoms with Crippen molar-refractivity contribution < 1.29 is 27.8 Å². The SMILES string of the molecule is O=C(NCc1ccc2c(c1)OCO2)c1csc(Nc2ccc(OC(F)F)cc2)n1. The number of alkyl halides is 2. The summed E-state index contributed by atoms with van der Waals surface area (Å²) < 4.78 is 39.2. The fraction of sp³-hybridized carbons (Fsp3) is 0.158. The Morgan fingerprint density at radius 2 is 1.97 bits per heavy atom. The highest BCUT2D eigenvalue weighted by molar-refractivity contribution is 7.14. The number of carbonyl (C=O) groups excluding carboxylic acids is 1. The van der Waals surface area contributed by atoms with E-state index in [2.05, 4.69) is 20.4 Å². The molecule has 2 aromatic carbocycles. The minimum absolute atomic E-state index is 0.0632. The van der Waals surface area contributed by atoms with E-state index in [-0.39, 0.29) is 24.1 Å². The molecular formula is C19H15F2N3O4S. The van der Waals surface area contributed by atoms with E-state index in [4.69, 9.17) is 9.47 Å². The average Bonchev–Trinajstić information content (AvgIpc) is 3.36. The maximum Gasteiger partial charge on any atom is 0.387 e. The summed E-state index contributed by atoms with van der Waals surface area (Å²) in [7, 11) is 0. The number of hydrogen-bond donors (Lipinski definition) is 2. The van der Waals surface area contributed by atoms with E-state index in [9.17, 15) is 13.6 Å². The Kier molecular flexibility index (Phi) is 5.43. The van der Waals surface area contributed by atoms with Crippen LogP contribution in [0, 0.1) is 0 Å². The number of halogens is 2. The number of ether oxygens (including phenoxy) is 3. The number of nitrogens with one attached hydrogen (secondary N) is 2. The van der Waals surface area contributed by atoms with Crippen LogP contribution in [0.25, 0.3) is 0 Å². The van der Waals surface area contributed by atoms with Crippen molar-refractivity contribution in [2.75, 3.05) is 12.1 Å². The number of rotatable bonds is 7. The van der Waals surface area contributed by atoms with Crippen molar-refractivity contribution in [1.82, 2.24) is 10.3 Å². The zero-order chi connectivity index (χ0) is 20.2. The summed E-state index contributed by atoms with van der Waals surface area (Å²) in [5.41, 5.74) is 1.78. The molecule has 0 fully saturated rings. The van der Waals surface area contributed by atoms with Gasteiger partial charge in [-0.15, -0.1) is 11.3 Å². The van der Waals surface area contributed by atoms with Gasteiger partial charge in [0.25, 0.3) is 5.91 Å². The minimum Gasteiger partial charge on any atom is -0.454 e. The molecule has 10 heteroatoms. The summed E-state index contributed by atoms with van der Waals surface area (Å²) >= 11 is 1.25. The second-order valence-electron chi connectivity index (χ2n) is 5.94. The lowest BCUT2D eigenvalue weighted by atomic mass is 10.2. The van der Waals surface area contributed by atoms with Crippen LogP contribution in [0.5, 0.6) is 17.2 Å². The second kappa shape index (κ2) is 8.31. The first-order chi connectivity index (χ1) is 14.1. The molecule has 3 aromatic rings. The Labute approximate surface area is 168 Å². The van der Waals surface area contributed by atoms with Gasteiger partial charge in [-0.05, 0) is 42.0 Å². The van der Waals surface area contributed by atoms with Crippen molar-refractivity contribution in [2.24, 2.45) is 0 Å². The van der Waals surface area contributed by atoms with Gasteiger partial charge in [-0.1, -0.05) is 6.07 Å². The largest absolute Gasteiger partial charge is 0.454 e. The van der Waals surface area contributed by atoms with E-state index >= 15 is 0 Å². The van der Waals surface area contributed by atoms with Gasteiger partial charge in [-0.25, -0.2) is 4.98 Å². The van der Waals surface area contributed by atoms with Crippen LogP contribution in [0.2, 0.25) is 0 Å². The lowest BCUT2D eigenvalue weighted by Crippen LogP contribution is -2.23. The smallest absolute Gasteiger partial charge is 0.387 e. The van der Waals surface area contributed by atoms with Gasteiger partial charge in [-0.2, -0.15) is 8.78 Å². The number of thiazole rings is 1. The Morgan fingerprint density at radius 3 is 2.76 bits per heavy atom. The predicted octanol–water partition coefficient (Wildman–Crippen LogP) is 4.15. The number of anilines is 2. The fourth-order valence-corrected chi connectivity index (χ4v) is 3.31. The number of aromatic nitrogens is 1. The maximum absolute atomic E-state index is 12.3. The number of amides is 1. The first-order valence-electron chi connectivity index (χ1n) is 8.51. The van der Waals surface area contributed by atoms with Gasteiger partial charge in [0, 0.05) is 17.6 Å². The number of hydrogen-bond acceptors (Lipinski definition) is 7. The lowest BCUT2D eigenvalue weighted by Gasteiger charge is -2.06. The van der Waals surface area contributed by atoms with Crippen LogP contribution in [0.15, 0.2) is 47.8 Å². The first kappa shape index (κ1) is 18.9. The van der Waals surface area contributed by atoms with Crippen molar-refractivity contribution in [1.29, 1.82) is 0 Å². The fourth-order valence-electron chi connectivity index (χ4n) is 2.60. The number of benzene rings is 2. The van der Waals surface area contributed by atoms with Crippen LogP contribution >= 0.6 is 11.3 Å². The summed E-state index contributed by atoms with van der Waals surface area (Å²) in [5, 5.41) is 7.95. The monoisotopic (exact) mass is 419 g/mol. The zero-order valence-corrected chi connectivity index (χ0v) is 15.7. The highest BCUT2D eigenvalue weighted by Gasteiger charge is 2.15. The molecule has 7 nitrogen and oxygen atoms in total. The summed E-state index contributed by atoms with van der Waals surface area (Å²) in [5.74, 6) is 1.09. The predicted molar refractivity (Wildman–Crippen MR) is 102 cm³/mol. The molecule has 0 bridgehead atoms. The number of carbonyl (C=O) groups is 1. The maximum atomic E-state index is 12.3. The molecule has 4 rings (SSSR count). The van der Waals surface area contributed by atoms with E-state index in [0.717, 1.165) is 5.56 Å². The van der Waals surface area contributed by atoms with Crippen molar-refractivity contribution >= 4 is 28.1 Å². The Hall–Kier alpha value is -3.40. The van der Waals surface area contributed by atoms with Gasteiger partial charge in [-0.3, -0.25) is 4.79 Å². The Bertz CT molecular complexity index is 1010. The standard InChI is InChI=1S/C19H15F2N3O4S/c20-18(21)28-13-4-2-12(3-5-13)23-19-24-14(9-29-19)17(25)22-8-11-1-6-15-16(7-11)27-10-26-15/h1-7,9,18H,8,10H2,(H,22,25)(H,23,24). The molecule has 0 spiro atoms. The summed E-state index contributed by atoms with van der Waals surface area (Å²) in [6.07, 6.45) is 0. The normalized spacial score (nSPS) is 12.1. The third kappa shape index (κ3) is 4.72. The molecule has 1 amide bonds. The highest BCUT2D eigenvalue weighted by Crippen LogP contribution is 2.32. The average molecular weight is 419 g/mol. The Balaban J connectivity index is 1.32. The first-order valence-corrected chi connectivity index (χ1v) is 9.39. The molecule has 0 saturated heterocycles. The molecule has 1 aliphatic rings. The summed E-state index contributed by atoms with van der Waals surface area (Å²) in [6, 6.07) is 11.5. The molecule has 29 heavy (non-hydrogen) atoms. The van der Waals surface area contributed by atoms with Crippen LogP contribution < -0.4 is 24.8 Å². The van der Waals surface area contributed by atoms with Gasteiger partial charge < -0.3 is 24.8 Å². The molecule has 150 valence electrons. The second-order valence-corrected chi connectivity index (χ2v) is 6.79. The molecule has 0 aliphatic carbocycles. The van der Waals surface area contributed by atoms with Crippen LogP contribution in [0.4, 0.5) is 19.6 Å². The number of nitrogens with zero attached hydrogens (tertiary/aromatic N) is 1. The van der Waals surface area contributed by atoms with Gasteiger partial charge >= 0.3 is 6.61 Å². The van der Waals surface area contributed by atoms with Gasteiger partial charge in [0.2, 0.25) is 6.79 Å². The third-order valence-corrected chi connectivity index (χ3v) is 4.72. The topological polar surface area (TPSA) is 81.7 Å². The zero-order valence-electron chi connectivity index (χ0n) is 14.9. The summed E-state index contributed by atoms with van der Waals surface area (Å²) in [6.45, 7) is -2.35. The van der Waals surface area contributed by atoms with Gasteiger partial charge in [0.15, 0.2) is 16.6 Å². The highest BCUT2D eigenvalue weighted by atomic mass is 32.1. The summed E-state index contributed by atoms with van der Waals surface area (Å²) in [4.78, 5) is 16.6. The molecule has 2 heterocycles. The van der Waals surface area contributed by atoms with E-state index in [1.165, 1.54) is 23.5 Å². The number of fused-ring (bicyclic) bond motifs is 1. The molecule has 0 unspecified atom stereocenters. The van der Waals surface area contributed by atoms with E-state index in [1.807, 2.05) is 12.1 Å². The van der Waals surface area contributed by atoms with E-state index in [1.54, 1.807) is 23.6 Å². The molecule has 1 aliphatic heterocycles. The molecule has 0 saturated carbocycles. The minimum atomic E-state index is -2.87. The molecule has 0 radical (unpaired) electrons. The molecule has 0 atom stereocenters. The van der Waals surface area contributed by atoms with Crippen molar-refractivity contribution in [3.8, 4) is 17.2 Å². The van der Waals surface area contributed by atoms with Crippen molar-refractivity contribution in [3.63, 3.8) is 0 Å². The molecule has 2 N–H and O–H groups in total. The van der Waals surface area contributed by atoms with Crippen LogP contribution in [-0.4, -0.2) is 24.3 Å². The lowest BCUT2D eigenvalue weighted by molar-refractivity contribution is -0.0498. The van der Waals surface area contributed by atoms with Gasteiger partial charge in [0.05, 0.1) is 0 Å². The molecular weight excluding hydrogens is 404 g/mol. The molecule has 1 aromatic heterocycles.